The van der Waals surface area contributed by atoms with Gasteiger partial charge in [-0.1, -0.05) is 17.7 Å². The van der Waals surface area contributed by atoms with Gasteiger partial charge in [0, 0.05) is 0 Å². The highest BCUT2D eigenvalue weighted by molar-refractivity contribution is 5.97. The normalized spacial score (nSPS) is 11.5. The number of H-pyrrole nitrogens is 1. The second-order valence-electron chi connectivity index (χ2n) is 5.51. The number of nitrogens with one attached hydrogen (secondary N) is 1. The lowest BCUT2D eigenvalue weighted by atomic mass is 10.1. The van der Waals surface area contributed by atoms with E-state index in [4.69, 9.17) is 0 Å². The van der Waals surface area contributed by atoms with E-state index < -0.39 is 22.2 Å². The molecule has 4 aromatic rings. The van der Waals surface area contributed by atoms with Crippen LogP contribution in [0, 0.1) is 6.92 Å². The van der Waals surface area contributed by atoms with Gasteiger partial charge in [-0.05, 0) is 31.2 Å². The summed E-state index contributed by atoms with van der Waals surface area (Å²) in [6.07, 6.45) is 0. The summed E-state index contributed by atoms with van der Waals surface area (Å²) in [5, 5.41) is 0.527. The van der Waals surface area contributed by atoms with Crippen molar-refractivity contribution in [2.24, 2.45) is 0 Å². The summed E-state index contributed by atoms with van der Waals surface area (Å²) in [6, 6.07) is 9.61. The number of hydrogen-bond acceptors (Lipinski definition) is 4. The maximum absolute atomic E-state index is 12.6. The molecular weight excluding hydrogens is 296 g/mol. The minimum Gasteiger partial charge on any atom is -0.288 e. The van der Waals surface area contributed by atoms with Gasteiger partial charge in [-0.15, -0.1) is 0 Å². The van der Waals surface area contributed by atoms with Crippen LogP contribution in [0.25, 0.3) is 27.2 Å². The molecule has 112 valence electrons. The fraction of sp³-hybridized carbons (Fsp3) is 0.0588. The second kappa shape index (κ2) is 4.36. The Bertz CT molecular complexity index is 1210. The van der Waals surface area contributed by atoms with Gasteiger partial charge in [0.1, 0.15) is 0 Å². The standard InChI is InChI=1S/C17H10N2O4/c1-8-2-4-9(5-3-8)19-16(22)12-6-10-11(7-13(12)17(19)23)15(21)18-14(10)20/h2-7H,1H3,(H,18,20,21). The van der Waals surface area contributed by atoms with Crippen LogP contribution >= 0.6 is 0 Å². The summed E-state index contributed by atoms with van der Waals surface area (Å²) in [5.74, 6) is 0. The highest BCUT2D eigenvalue weighted by Gasteiger charge is 2.17. The molecule has 0 amide bonds. The summed E-state index contributed by atoms with van der Waals surface area (Å²) in [5.41, 5.74) is -0.638. The van der Waals surface area contributed by atoms with Crippen molar-refractivity contribution in [1.29, 1.82) is 0 Å². The van der Waals surface area contributed by atoms with Crippen molar-refractivity contribution in [3.05, 3.63) is 83.4 Å². The molecule has 0 radical (unpaired) electrons. The molecule has 0 aliphatic heterocycles. The van der Waals surface area contributed by atoms with Crippen molar-refractivity contribution in [2.75, 3.05) is 0 Å². The van der Waals surface area contributed by atoms with Gasteiger partial charge in [-0.3, -0.25) is 24.2 Å². The van der Waals surface area contributed by atoms with Gasteiger partial charge in [0.2, 0.25) is 0 Å². The Kier molecular flexibility index (Phi) is 2.54. The van der Waals surface area contributed by atoms with E-state index in [2.05, 4.69) is 4.98 Å². The predicted molar refractivity (Wildman–Crippen MR) is 87.3 cm³/mol. The van der Waals surface area contributed by atoms with Crippen LogP contribution in [0.1, 0.15) is 5.56 Å². The molecule has 0 spiro atoms. The quantitative estimate of drug-likeness (QED) is 0.561. The third-order valence-electron chi connectivity index (χ3n) is 4.03. The minimum absolute atomic E-state index is 0.126. The number of benzene rings is 2. The van der Waals surface area contributed by atoms with Gasteiger partial charge < -0.3 is 0 Å². The Morgan fingerprint density at radius 3 is 1.70 bits per heavy atom. The maximum Gasteiger partial charge on any atom is 0.266 e. The molecule has 1 N–H and O–H groups in total. The fourth-order valence-electron chi connectivity index (χ4n) is 2.83. The van der Waals surface area contributed by atoms with Gasteiger partial charge in [0.25, 0.3) is 22.2 Å². The SMILES string of the molecule is Cc1ccc(-n2c(=O)c3cc4c(=O)[nH]c(=O)c4cc3c2=O)cc1. The smallest absolute Gasteiger partial charge is 0.266 e. The van der Waals surface area contributed by atoms with Crippen LogP contribution in [-0.2, 0) is 0 Å². The molecule has 0 unspecified atom stereocenters. The molecule has 0 atom stereocenters. The molecule has 0 saturated carbocycles. The van der Waals surface area contributed by atoms with Crippen LogP contribution in [0.4, 0.5) is 0 Å². The molecule has 0 aliphatic rings. The number of fused-ring (bicyclic) bond motifs is 2. The van der Waals surface area contributed by atoms with E-state index in [1.807, 2.05) is 6.92 Å². The molecule has 4 rings (SSSR count). The summed E-state index contributed by atoms with van der Waals surface area (Å²) < 4.78 is 1.06. The third-order valence-corrected chi connectivity index (χ3v) is 4.03. The van der Waals surface area contributed by atoms with Crippen molar-refractivity contribution in [1.82, 2.24) is 9.55 Å². The van der Waals surface area contributed by atoms with Crippen molar-refractivity contribution in [3.63, 3.8) is 0 Å². The van der Waals surface area contributed by atoms with E-state index in [1.165, 1.54) is 12.1 Å². The topological polar surface area (TPSA) is 89.0 Å². The zero-order valence-electron chi connectivity index (χ0n) is 12.0. The van der Waals surface area contributed by atoms with Crippen LogP contribution in [0.2, 0.25) is 0 Å². The van der Waals surface area contributed by atoms with Crippen molar-refractivity contribution < 1.29 is 0 Å². The Morgan fingerprint density at radius 2 is 1.22 bits per heavy atom. The molecule has 6 heteroatoms. The molecule has 2 aromatic heterocycles. The zero-order valence-corrected chi connectivity index (χ0v) is 12.0. The third kappa shape index (κ3) is 1.75. The monoisotopic (exact) mass is 306 g/mol. The van der Waals surface area contributed by atoms with Gasteiger partial charge in [0.15, 0.2) is 0 Å². The average molecular weight is 306 g/mol. The number of aromatic nitrogens is 2. The first-order chi connectivity index (χ1) is 11.0. The van der Waals surface area contributed by atoms with Crippen molar-refractivity contribution in [3.8, 4) is 5.69 Å². The van der Waals surface area contributed by atoms with E-state index in [1.54, 1.807) is 24.3 Å². The molecule has 2 heterocycles. The number of rotatable bonds is 1. The minimum atomic E-state index is -0.554. The number of aromatic amines is 1. The van der Waals surface area contributed by atoms with Gasteiger partial charge in [0.05, 0.1) is 27.2 Å². The Hall–Kier alpha value is -3.28. The van der Waals surface area contributed by atoms with E-state index in [-0.39, 0.29) is 21.5 Å². The van der Waals surface area contributed by atoms with E-state index >= 15 is 0 Å². The van der Waals surface area contributed by atoms with Crippen LogP contribution in [0.5, 0.6) is 0 Å². The molecule has 0 bridgehead atoms. The van der Waals surface area contributed by atoms with E-state index in [0.29, 0.717) is 5.69 Å². The first-order valence-electron chi connectivity index (χ1n) is 6.96. The second-order valence-corrected chi connectivity index (χ2v) is 5.51. The van der Waals surface area contributed by atoms with Gasteiger partial charge in [-0.25, -0.2) is 4.57 Å². The van der Waals surface area contributed by atoms with Gasteiger partial charge in [-0.2, -0.15) is 0 Å². The fourth-order valence-corrected chi connectivity index (χ4v) is 2.83. The number of hydrogen-bond donors (Lipinski definition) is 1. The summed E-state index contributed by atoms with van der Waals surface area (Å²) in [4.78, 5) is 50.7. The molecule has 0 fully saturated rings. The largest absolute Gasteiger partial charge is 0.288 e. The summed E-state index contributed by atoms with van der Waals surface area (Å²) in [7, 11) is 0. The lowest BCUT2D eigenvalue weighted by Crippen LogP contribution is -2.23. The van der Waals surface area contributed by atoms with Crippen LogP contribution in [-0.4, -0.2) is 9.55 Å². The first kappa shape index (κ1) is 13.4. The summed E-state index contributed by atoms with van der Waals surface area (Å²) >= 11 is 0. The Morgan fingerprint density at radius 1 is 0.739 bits per heavy atom. The highest BCUT2D eigenvalue weighted by atomic mass is 16.2. The maximum atomic E-state index is 12.6. The molecule has 6 nitrogen and oxygen atoms in total. The van der Waals surface area contributed by atoms with Crippen molar-refractivity contribution >= 4 is 21.5 Å². The predicted octanol–water partition coefficient (Wildman–Crippen LogP) is 0.737. The van der Waals surface area contributed by atoms with Crippen LogP contribution in [0.15, 0.2) is 55.6 Å². The molecule has 0 aliphatic carbocycles. The molecule has 23 heavy (non-hydrogen) atoms. The van der Waals surface area contributed by atoms with E-state index in [0.717, 1.165) is 10.1 Å². The average Bonchev–Trinajstić information content (AvgIpc) is 2.94. The van der Waals surface area contributed by atoms with Gasteiger partial charge >= 0.3 is 0 Å². The number of aryl methyl sites for hydroxylation is 1. The Labute approximate surface area is 127 Å². The zero-order chi connectivity index (χ0) is 16.3. The molecule has 0 saturated heterocycles. The lowest BCUT2D eigenvalue weighted by molar-refractivity contribution is 0.990. The van der Waals surface area contributed by atoms with Crippen LogP contribution in [0.3, 0.4) is 0 Å². The van der Waals surface area contributed by atoms with Crippen LogP contribution < -0.4 is 22.2 Å². The summed E-state index contributed by atoms with van der Waals surface area (Å²) in [6.45, 7) is 1.90. The highest BCUT2D eigenvalue weighted by Crippen LogP contribution is 2.15. The van der Waals surface area contributed by atoms with Crippen molar-refractivity contribution in [2.45, 2.75) is 6.92 Å². The lowest BCUT2D eigenvalue weighted by Gasteiger charge is -2.00. The molecule has 2 aromatic carbocycles. The molecular formula is C17H10N2O4. The first-order valence-corrected chi connectivity index (χ1v) is 6.96. The van der Waals surface area contributed by atoms with E-state index in [9.17, 15) is 19.2 Å². The Balaban J connectivity index is 2.18. The number of nitrogens with zero attached hydrogens (tertiary/aromatic N) is 1.